The van der Waals surface area contributed by atoms with Gasteiger partial charge < -0.3 is 9.47 Å². The Labute approximate surface area is 112 Å². The summed E-state index contributed by atoms with van der Waals surface area (Å²) in [5.74, 6) is 2.01. The summed E-state index contributed by atoms with van der Waals surface area (Å²) < 4.78 is 11.4. The van der Waals surface area contributed by atoms with Gasteiger partial charge in [0, 0.05) is 5.56 Å². The highest BCUT2D eigenvalue weighted by Crippen LogP contribution is 2.33. The van der Waals surface area contributed by atoms with Gasteiger partial charge in [-0.15, -0.1) is 0 Å². The molecule has 0 saturated heterocycles. The Bertz CT molecular complexity index is 576. The monoisotopic (exact) mass is 256 g/mol. The Morgan fingerprint density at radius 2 is 1.79 bits per heavy atom. The summed E-state index contributed by atoms with van der Waals surface area (Å²) >= 11 is 0. The van der Waals surface area contributed by atoms with Crippen molar-refractivity contribution >= 4 is 6.29 Å². The van der Waals surface area contributed by atoms with Crippen LogP contribution in [0.2, 0.25) is 0 Å². The second-order valence-electron chi connectivity index (χ2n) is 4.12. The molecule has 0 heterocycles. The number of aldehydes is 1. The minimum Gasteiger partial charge on any atom is -0.490 e. The van der Waals surface area contributed by atoms with E-state index in [1.54, 1.807) is 12.1 Å². The summed E-state index contributed by atoms with van der Waals surface area (Å²) in [5, 5.41) is 0. The van der Waals surface area contributed by atoms with E-state index in [1.165, 1.54) is 0 Å². The molecule has 0 aromatic heterocycles. The summed E-state index contributed by atoms with van der Waals surface area (Å²) in [6, 6.07) is 12.8. The van der Waals surface area contributed by atoms with Crippen LogP contribution in [0, 0.1) is 6.92 Å². The molecular formula is C16H16O3. The molecule has 0 bridgehead atoms. The Hall–Kier alpha value is -2.29. The van der Waals surface area contributed by atoms with E-state index < -0.39 is 0 Å². The van der Waals surface area contributed by atoms with E-state index in [-0.39, 0.29) is 0 Å². The van der Waals surface area contributed by atoms with Crippen molar-refractivity contribution < 1.29 is 14.3 Å². The van der Waals surface area contributed by atoms with Gasteiger partial charge in [-0.3, -0.25) is 4.79 Å². The predicted octanol–water partition coefficient (Wildman–Crippen LogP) is 4.00. The standard InChI is InChI=1S/C16H16O3/c1-3-18-14-6-4-5-7-15(14)19-16-10-13(11-17)9-8-12(16)2/h4-11H,3H2,1-2H3. The zero-order chi connectivity index (χ0) is 13.7. The first-order valence-electron chi connectivity index (χ1n) is 6.20. The molecule has 2 aromatic rings. The molecule has 0 unspecified atom stereocenters. The zero-order valence-corrected chi connectivity index (χ0v) is 11.1. The third-order valence-corrected chi connectivity index (χ3v) is 2.72. The Balaban J connectivity index is 2.32. The quantitative estimate of drug-likeness (QED) is 0.758. The molecule has 0 radical (unpaired) electrons. The topological polar surface area (TPSA) is 35.5 Å². The molecule has 0 saturated carbocycles. The SMILES string of the molecule is CCOc1ccccc1Oc1cc(C=O)ccc1C. The van der Waals surface area contributed by atoms with Gasteiger partial charge in [-0.25, -0.2) is 0 Å². The van der Waals surface area contributed by atoms with E-state index >= 15 is 0 Å². The fourth-order valence-electron chi connectivity index (χ4n) is 1.73. The smallest absolute Gasteiger partial charge is 0.169 e. The highest BCUT2D eigenvalue weighted by Gasteiger charge is 2.07. The van der Waals surface area contributed by atoms with Crippen LogP contribution in [-0.2, 0) is 0 Å². The van der Waals surface area contributed by atoms with Crippen molar-refractivity contribution in [1.29, 1.82) is 0 Å². The maximum Gasteiger partial charge on any atom is 0.169 e. The van der Waals surface area contributed by atoms with E-state index in [4.69, 9.17) is 9.47 Å². The van der Waals surface area contributed by atoms with Gasteiger partial charge in [0.2, 0.25) is 0 Å². The van der Waals surface area contributed by atoms with Crippen molar-refractivity contribution in [2.45, 2.75) is 13.8 Å². The van der Waals surface area contributed by atoms with Crippen LogP contribution in [0.1, 0.15) is 22.8 Å². The highest BCUT2D eigenvalue weighted by atomic mass is 16.5. The molecular weight excluding hydrogens is 240 g/mol. The molecule has 0 amide bonds. The van der Waals surface area contributed by atoms with Gasteiger partial charge in [-0.2, -0.15) is 0 Å². The third-order valence-electron chi connectivity index (χ3n) is 2.72. The van der Waals surface area contributed by atoms with Gasteiger partial charge in [0.15, 0.2) is 11.5 Å². The zero-order valence-electron chi connectivity index (χ0n) is 11.1. The molecule has 0 aliphatic carbocycles. The number of rotatable bonds is 5. The lowest BCUT2D eigenvalue weighted by Crippen LogP contribution is -1.96. The number of hydrogen-bond donors (Lipinski definition) is 0. The largest absolute Gasteiger partial charge is 0.490 e. The molecule has 2 rings (SSSR count). The van der Waals surface area contributed by atoms with Crippen molar-refractivity contribution in [2.75, 3.05) is 6.61 Å². The maximum atomic E-state index is 10.8. The van der Waals surface area contributed by atoms with Gasteiger partial charge in [-0.05, 0) is 37.6 Å². The van der Waals surface area contributed by atoms with Gasteiger partial charge in [0.1, 0.15) is 12.0 Å². The van der Waals surface area contributed by atoms with Crippen molar-refractivity contribution in [3.8, 4) is 17.2 Å². The normalized spacial score (nSPS) is 10.0. The lowest BCUT2D eigenvalue weighted by atomic mass is 10.1. The van der Waals surface area contributed by atoms with Gasteiger partial charge in [0.25, 0.3) is 0 Å². The number of aryl methyl sites for hydroxylation is 1. The van der Waals surface area contributed by atoms with Gasteiger partial charge >= 0.3 is 0 Å². The van der Waals surface area contributed by atoms with Crippen LogP contribution in [0.15, 0.2) is 42.5 Å². The number of para-hydroxylation sites is 2. The van der Waals surface area contributed by atoms with Crippen LogP contribution in [-0.4, -0.2) is 12.9 Å². The summed E-state index contributed by atoms with van der Waals surface area (Å²) in [5.41, 5.74) is 1.56. The van der Waals surface area contributed by atoms with E-state index in [0.29, 0.717) is 29.4 Å². The lowest BCUT2D eigenvalue weighted by Gasteiger charge is -2.13. The fourth-order valence-corrected chi connectivity index (χ4v) is 1.73. The molecule has 0 atom stereocenters. The molecule has 0 aliphatic heterocycles. The van der Waals surface area contributed by atoms with Crippen LogP contribution >= 0.6 is 0 Å². The van der Waals surface area contributed by atoms with E-state index in [1.807, 2.05) is 44.2 Å². The van der Waals surface area contributed by atoms with E-state index in [2.05, 4.69) is 0 Å². The lowest BCUT2D eigenvalue weighted by molar-refractivity contribution is 0.112. The Kier molecular flexibility index (Phi) is 4.18. The van der Waals surface area contributed by atoms with Crippen LogP contribution < -0.4 is 9.47 Å². The first kappa shape index (κ1) is 13.1. The summed E-state index contributed by atoms with van der Waals surface area (Å²) in [6.45, 7) is 4.44. The van der Waals surface area contributed by atoms with Gasteiger partial charge in [-0.1, -0.05) is 24.3 Å². The number of carbonyl (C=O) groups is 1. The molecule has 0 spiro atoms. The summed E-state index contributed by atoms with van der Waals surface area (Å²) in [4.78, 5) is 10.8. The van der Waals surface area contributed by atoms with Crippen LogP contribution in [0.5, 0.6) is 17.2 Å². The van der Waals surface area contributed by atoms with E-state index in [0.717, 1.165) is 11.8 Å². The number of hydrogen-bond acceptors (Lipinski definition) is 3. The Morgan fingerprint density at radius 1 is 1.05 bits per heavy atom. The van der Waals surface area contributed by atoms with Crippen molar-refractivity contribution in [1.82, 2.24) is 0 Å². The minimum atomic E-state index is 0.577. The molecule has 0 aliphatic rings. The first-order chi connectivity index (χ1) is 9.24. The second-order valence-corrected chi connectivity index (χ2v) is 4.12. The molecule has 98 valence electrons. The summed E-state index contributed by atoms with van der Waals surface area (Å²) in [6.07, 6.45) is 0.806. The fraction of sp³-hybridized carbons (Fsp3) is 0.188. The predicted molar refractivity (Wildman–Crippen MR) is 74.3 cm³/mol. The summed E-state index contributed by atoms with van der Waals surface area (Å²) in [7, 11) is 0. The van der Waals surface area contributed by atoms with Crippen molar-refractivity contribution in [3.05, 3.63) is 53.6 Å². The maximum absolute atomic E-state index is 10.8. The molecule has 3 heteroatoms. The average Bonchev–Trinajstić information content (AvgIpc) is 2.43. The number of carbonyl (C=O) groups excluding carboxylic acids is 1. The van der Waals surface area contributed by atoms with Crippen LogP contribution in [0.4, 0.5) is 0 Å². The van der Waals surface area contributed by atoms with Crippen LogP contribution in [0.3, 0.4) is 0 Å². The second kappa shape index (κ2) is 6.05. The number of ether oxygens (including phenoxy) is 2. The molecule has 0 N–H and O–H groups in total. The van der Waals surface area contributed by atoms with Crippen LogP contribution in [0.25, 0.3) is 0 Å². The molecule has 2 aromatic carbocycles. The molecule has 19 heavy (non-hydrogen) atoms. The van der Waals surface area contributed by atoms with Gasteiger partial charge in [0.05, 0.1) is 6.61 Å². The minimum absolute atomic E-state index is 0.577. The first-order valence-corrected chi connectivity index (χ1v) is 6.20. The molecule has 0 fully saturated rings. The third kappa shape index (κ3) is 3.13. The van der Waals surface area contributed by atoms with Crippen molar-refractivity contribution in [3.63, 3.8) is 0 Å². The number of benzene rings is 2. The average molecular weight is 256 g/mol. The molecule has 3 nitrogen and oxygen atoms in total. The van der Waals surface area contributed by atoms with E-state index in [9.17, 15) is 4.79 Å². The highest BCUT2D eigenvalue weighted by molar-refractivity contribution is 5.76. The Morgan fingerprint density at radius 3 is 2.47 bits per heavy atom. The van der Waals surface area contributed by atoms with Crippen molar-refractivity contribution in [2.24, 2.45) is 0 Å².